The fraction of sp³-hybridized carbons (Fsp3) is 0. The van der Waals surface area contributed by atoms with Crippen LogP contribution >= 0.6 is 0 Å². The number of para-hydroxylation sites is 1. The van der Waals surface area contributed by atoms with Gasteiger partial charge in [0.1, 0.15) is 11.2 Å². The molecule has 0 bridgehead atoms. The molecule has 3 heterocycles. The van der Waals surface area contributed by atoms with E-state index in [-0.39, 0.29) is 0 Å². The minimum atomic E-state index is 0.572. The third-order valence-corrected chi connectivity index (χ3v) is 12.4. The second-order valence-electron chi connectivity index (χ2n) is 16.0. The summed E-state index contributed by atoms with van der Waals surface area (Å²) in [6.45, 7) is 0. The molecule has 0 spiro atoms. The van der Waals surface area contributed by atoms with Crippen LogP contribution in [-0.4, -0.2) is 19.5 Å². The quantitative estimate of drug-likeness (QED) is 0.174. The predicted molar refractivity (Wildman–Crippen MR) is 256 cm³/mol. The molecule has 0 N–H and O–H groups in total. The number of rotatable bonds is 5. The van der Waals surface area contributed by atoms with Crippen molar-refractivity contribution in [3.63, 3.8) is 0 Å². The van der Waals surface area contributed by atoms with Gasteiger partial charge in [-0.15, -0.1) is 0 Å². The minimum Gasteiger partial charge on any atom is -0.456 e. The molecule has 0 amide bonds. The molecule has 0 saturated heterocycles. The first-order valence-corrected chi connectivity index (χ1v) is 20.9. The summed E-state index contributed by atoms with van der Waals surface area (Å²) in [7, 11) is 0. The average molecular weight is 791 g/mol. The van der Waals surface area contributed by atoms with Crippen LogP contribution in [0.25, 0.3) is 127 Å². The summed E-state index contributed by atoms with van der Waals surface area (Å²) in [5.74, 6) is 1.77. The summed E-state index contributed by atoms with van der Waals surface area (Å²) >= 11 is 0. The highest BCUT2D eigenvalue weighted by Crippen LogP contribution is 2.43. The first kappa shape index (κ1) is 34.5. The molecule has 5 nitrogen and oxygen atoms in total. The van der Waals surface area contributed by atoms with Crippen LogP contribution in [0.5, 0.6) is 0 Å². The van der Waals surface area contributed by atoms with E-state index in [4.69, 9.17) is 19.4 Å². The molecule has 5 heteroatoms. The monoisotopic (exact) mass is 790 g/mol. The molecule has 0 atom stereocenters. The molecule has 0 aliphatic carbocycles. The van der Waals surface area contributed by atoms with Gasteiger partial charge in [-0.3, -0.25) is 0 Å². The summed E-state index contributed by atoms with van der Waals surface area (Å²) in [5.41, 5.74) is 9.88. The van der Waals surface area contributed by atoms with Crippen molar-refractivity contribution < 1.29 is 4.42 Å². The van der Waals surface area contributed by atoms with Gasteiger partial charge in [0.15, 0.2) is 17.5 Å². The summed E-state index contributed by atoms with van der Waals surface area (Å²) in [5, 5.41) is 11.5. The Morgan fingerprint density at radius 1 is 0.323 bits per heavy atom. The van der Waals surface area contributed by atoms with Crippen LogP contribution in [-0.2, 0) is 0 Å². The van der Waals surface area contributed by atoms with Crippen LogP contribution in [0.3, 0.4) is 0 Å². The highest BCUT2D eigenvalue weighted by molar-refractivity contribution is 6.23. The van der Waals surface area contributed by atoms with Crippen molar-refractivity contribution in [2.45, 2.75) is 0 Å². The molecule has 288 valence electrons. The Balaban J connectivity index is 1.12. The van der Waals surface area contributed by atoms with Crippen molar-refractivity contribution in [2.24, 2.45) is 0 Å². The Bertz CT molecular complexity index is 3830. The fourth-order valence-electron chi connectivity index (χ4n) is 9.43. The number of furan rings is 1. The molecule has 0 saturated carbocycles. The largest absolute Gasteiger partial charge is 0.456 e. The summed E-state index contributed by atoms with van der Waals surface area (Å²) in [6.07, 6.45) is 0. The Morgan fingerprint density at radius 2 is 0.871 bits per heavy atom. The Kier molecular flexibility index (Phi) is 7.54. The van der Waals surface area contributed by atoms with E-state index in [1.54, 1.807) is 0 Å². The van der Waals surface area contributed by atoms with E-state index in [9.17, 15) is 0 Å². The average Bonchev–Trinajstić information content (AvgIpc) is 3.87. The van der Waals surface area contributed by atoms with Gasteiger partial charge >= 0.3 is 0 Å². The predicted octanol–water partition coefficient (Wildman–Crippen LogP) is 15.0. The highest BCUT2D eigenvalue weighted by atomic mass is 16.3. The van der Waals surface area contributed by atoms with Gasteiger partial charge in [0.25, 0.3) is 0 Å². The van der Waals surface area contributed by atoms with E-state index in [0.29, 0.717) is 17.5 Å². The van der Waals surface area contributed by atoms with Gasteiger partial charge in [-0.25, -0.2) is 15.0 Å². The summed E-state index contributed by atoms with van der Waals surface area (Å²) in [4.78, 5) is 15.8. The van der Waals surface area contributed by atoms with Crippen LogP contribution in [0.15, 0.2) is 211 Å². The normalized spacial score (nSPS) is 11.9. The van der Waals surface area contributed by atoms with E-state index in [2.05, 4.69) is 174 Å². The Morgan fingerprint density at radius 3 is 1.56 bits per heavy atom. The fourth-order valence-corrected chi connectivity index (χ4v) is 9.43. The SMILES string of the molecule is c1ccc(-c2cccc(-c3nc(-c4ccccc4)nc(-c4cc5oc6ccccc6c5c5ccc(-n6c7cc8ccccc8cc7c7cc8ccccc8cc76)cc45)n3)c2)cc1. The lowest BCUT2D eigenvalue weighted by Crippen LogP contribution is -2.01. The van der Waals surface area contributed by atoms with Gasteiger partial charge in [-0.2, -0.15) is 0 Å². The van der Waals surface area contributed by atoms with E-state index in [1.165, 1.54) is 32.3 Å². The molecule has 0 aliphatic rings. The Hall–Kier alpha value is -8.41. The summed E-state index contributed by atoms with van der Waals surface area (Å²) in [6, 6.07) is 72.9. The lowest BCUT2D eigenvalue weighted by atomic mass is 9.97. The van der Waals surface area contributed by atoms with Crippen LogP contribution < -0.4 is 0 Å². The molecule has 10 aromatic carbocycles. The van der Waals surface area contributed by atoms with Crippen molar-refractivity contribution in [1.82, 2.24) is 19.5 Å². The highest BCUT2D eigenvalue weighted by Gasteiger charge is 2.21. The lowest BCUT2D eigenvalue weighted by Gasteiger charge is -2.14. The number of hydrogen-bond acceptors (Lipinski definition) is 4. The van der Waals surface area contributed by atoms with Crippen molar-refractivity contribution in [2.75, 3.05) is 0 Å². The maximum atomic E-state index is 6.64. The van der Waals surface area contributed by atoms with Gasteiger partial charge in [0, 0.05) is 43.9 Å². The van der Waals surface area contributed by atoms with Crippen LogP contribution in [0.1, 0.15) is 0 Å². The zero-order chi connectivity index (χ0) is 40.7. The van der Waals surface area contributed by atoms with E-state index < -0.39 is 0 Å². The van der Waals surface area contributed by atoms with E-state index >= 15 is 0 Å². The molecular formula is C57H34N4O. The van der Waals surface area contributed by atoms with Crippen LogP contribution in [0, 0.1) is 0 Å². The standard InChI is InChI=1S/C57H34N4O/c1-3-14-35(15-4-1)37-22-13-23-42(28-37)56-58-55(36-16-5-2-6-17-36)59-57(60-56)49-34-53-54(45-24-11-12-25-52(45)62-53)44-27-26-43(33-46(44)49)61-50-31-40-20-9-7-18-38(40)29-47(50)48-30-39-19-8-10-21-41(39)32-51(48)61/h1-34H. The number of nitrogens with zero attached hydrogens (tertiary/aromatic N) is 4. The molecular weight excluding hydrogens is 757 g/mol. The second-order valence-corrected chi connectivity index (χ2v) is 16.0. The van der Waals surface area contributed by atoms with Crippen molar-refractivity contribution in [1.29, 1.82) is 0 Å². The molecule has 0 aliphatic heterocycles. The molecule has 62 heavy (non-hydrogen) atoms. The van der Waals surface area contributed by atoms with E-state index in [0.717, 1.165) is 77.2 Å². The minimum absolute atomic E-state index is 0.572. The van der Waals surface area contributed by atoms with Crippen LogP contribution in [0.2, 0.25) is 0 Å². The van der Waals surface area contributed by atoms with Gasteiger partial charge < -0.3 is 8.98 Å². The topological polar surface area (TPSA) is 56.7 Å². The zero-order valence-corrected chi connectivity index (χ0v) is 33.3. The molecule has 3 aromatic heterocycles. The van der Waals surface area contributed by atoms with Crippen molar-refractivity contribution in [3.8, 4) is 51.0 Å². The third kappa shape index (κ3) is 5.45. The molecule has 13 aromatic rings. The van der Waals surface area contributed by atoms with Gasteiger partial charge in [0.2, 0.25) is 0 Å². The van der Waals surface area contributed by atoms with E-state index in [1.807, 2.05) is 36.4 Å². The molecule has 0 fully saturated rings. The molecule has 13 rings (SSSR count). The number of fused-ring (bicyclic) bond motifs is 10. The number of benzene rings is 10. The Labute approximate surface area is 355 Å². The third-order valence-electron chi connectivity index (χ3n) is 12.4. The van der Waals surface area contributed by atoms with Crippen molar-refractivity contribution in [3.05, 3.63) is 206 Å². The maximum absolute atomic E-state index is 6.64. The van der Waals surface area contributed by atoms with Gasteiger partial charge in [-0.1, -0.05) is 152 Å². The molecule has 0 unspecified atom stereocenters. The maximum Gasteiger partial charge on any atom is 0.164 e. The first-order valence-electron chi connectivity index (χ1n) is 20.9. The van der Waals surface area contributed by atoms with Gasteiger partial charge in [0.05, 0.1) is 11.0 Å². The van der Waals surface area contributed by atoms with Crippen LogP contribution in [0.4, 0.5) is 0 Å². The zero-order valence-electron chi connectivity index (χ0n) is 33.3. The number of aromatic nitrogens is 4. The lowest BCUT2D eigenvalue weighted by molar-refractivity contribution is 0.669. The first-order chi connectivity index (χ1) is 30.7. The van der Waals surface area contributed by atoms with Crippen molar-refractivity contribution >= 4 is 76.1 Å². The molecule has 0 radical (unpaired) electrons. The summed E-state index contributed by atoms with van der Waals surface area (Å²) < 4.78 is 9.06. The smallest absolute Gasteiger partial charge is 0.164 e. The van der Waals surface area contributed by atoms with Gasteiger partial charge in [-0.05, 0) is 98.0 Å². The number of hydrogen-bond donors (Lipinski definition) is 0. The second kappa shape index (κ2) is 13.6.